The van der Waals surface area contributed by atoms with Crippen LogP contribution in [0.25, 0.3) is 0 Å². The molecule has 0 atom stereocenters. The Hall–Kier alpha value is -2.74. The summed E-state index contributed by atoms with van der Waals surface area (Å²) in [6.45, 7) is 0. The second kappa shape index (κ2) is 5.06. The van der Waals surface area contributed by atoms with E-state index in [1.54, 1.807) is 5.32 Å². The number of halogens is 3. The molecule has 5 nitrogen and oxygen atoms in total. The monoisotopic (exact) mass is 254 g/mol. The largest absolute Gasteiger partial charge is 0.341 e. The number of rotatable bonds is 1. The van der Waals surface area contributed by atoms with E-state index in [1.165, 1.54) is 13.1 Å². The van der Waals surface area contributed by atoms with Crippen LogP contribution in [-0.4, -0.2) is 13.1 Å². The molecule has 2 amide bonds. The molecule has 0 radical (unpaired) electrons. The lowest BCUT2D eigenvalue weighted by Gasteiger charge is -2.10. The normalized spacial score (nSPS) is 9.22. The summed E-state index contributed by atoms with van der Waals surface area (Å²) in [5.41, 5.74) is -3.12. The Bertz CT molecular complexity index is 601. The molecule has 0 spiro atoms. The highest BCUT2D eigenvalue weighted by Crippen LogP contribution is 2.28. The first-order valence-corrected chi connectivity index (χ1v) is 4.47. The summed E-state index contributed by atoms with van der Waals surface area (Å²) in [7, 11) is 1.19. The molecule has 0 fully saturated rings. The van der Waals surface area contributed by atoms with E-state index in [-0.39, 0.29) is 0 Å². The molecule has 0 aromatic heterocycles. The fourth-order valence-corrected chi connectivity index (χ4v) is 1.16. The molecule has 0 bridgehead atoms. The number of hydrogen-bond donors (Lipinski definition) is 2. The maximum Gasteiger partial charge on any atom is 0.319 e. The summed E-state index contributed by atoms with van der Waals surface area (Å²) < 4.78 is 40.3. The van der Waals surface area contributed by atoms with E-state index in [9.17, 15) is 18.0 Å². The van der Waals surface area contributed by atoms with Gasteiger partial charge in [-0.1, -0.05) is 0 Å². The van der Waals surface area contributed by atoms with Crippen LogP contribution in [0.5, 0.6) is 0 Å². The number of anilines is 1. The highest BCUT2D eigenvalue weighted by molar-refractivity contribution is 5.91. The fourth-order valence-electron chi connectivity index (χ4n) is 1.16. The summed E-state index contributed by atoms with van der Waals surface area (Å²) in [5, 5.41) is 20.9. The van der Waals surface area contributed by atoms with Crippen molar-refractivity contribution in [1.82, 2.24) is 5.32 Å². The van der Waals surface area contributed by atoms with E-state index in [1.807, 2.05) is 5.32 Å². The van der Waals surface area contributed by atoms with Crippen molar-refractivity contribution in [1.29, 1.82) is 10.5 Å². The fraction of sp³-hybridized carbons (Fsp3) is 0.100. The summed E-state index contributed by atoms with van der Waals surface area (Å²) in [5.74, 6) is -4.96. The predicted octanol–water partition coefficient (Wildman–Crippen LogP) is 1.60. The second-order valence-electron chi connectivity index (χ2n) is 2.99. The first kappa shape index (κ1) is 13.3. The minimum absolute atomic E-state index is 0.950. The number of nitrogens with zero attached hydrogens (tertiary/aromatic N) is 2. The molecule has 0 aliphatic rings. The quantitative estimate of drug-likeness (QED) is 0.746. The van der Waals surface area contributed by atoms with Crippen molar-refractivity contribution in [2.45, 2.75) is 0 Å². The molecular weight excluding hydrogens is 249 g/mol. The average molecular weight is 254 g/mol. The first-order valence-electron chi connectivity index (χ1n) is 4.47. The van der Waals surface area contributed by atoms with Gasteiger partial charge >= 0.3 is 6.03 Å². The van der Waals surface area contributed by atoms with Crippen molar-refractivity contribution in [2.24, 2.45) is 0 Å². The second-order valence-corrected chi connectivity index (χ2v) is 2.99. The van der Waals surface area contributed by atoms with Crippen LogP contribution in [0.1, 0.15) is 11.1 Å². The Morgan fingerprint density at radius 2 is 1.61 bits per heavy atom. The third kappa shape index (κ3) is 2.04. The summed E-state index contributed by atoms with van der Waals surface area (Å²) in [6.07, 6.45) is 0. The maximum atomic E-state index is 13.5. The minimum Gasteiger partial charge on any atom is -0.341 e. The van der Waals surface area contributed by atoms with Crippen molar-refractivity contribution >= 4 is 11.7 Å². The van der Waals surface area contributed by atoms with Crippen LogP contribution in [0.3, 0.4) is 0 Å². The summed E-state index contributed by atoms with van der Waals surface area (Å²) in [4.78, 5) is 11.0. The van der Waals surface area contributed by atoms with Gasteiger partial charge in [-0.25, -0.2) is 18.0 Å². The lowest BCUT2D eigenvalue weighted by atomic mass is 10.1. The van der Waals surface area contributed by atoms with Gasteiger partial charge in [0.1, 0.15) is 29.0 Å². The highest BCUT2D eigenvalue weighted by Gasteiger charge is 2.25. The van der Waals surface area contributed by atoms with Crippen LogP contribution in [-0.2, 0) is 0 Å². The van der Waals surface area contributed by atoms with Crippen molar-refractivity contribution < 1.29 is 18.0 Å². The van der Waals surface area contributed by atoms with Crippen LogP contribution < -0.4 is 10.6 Å². The van der Waals surface area contributed by atoms with Gasteiger partial charge in [-0.3, -0.25) is 0 Å². The molecule has 92 valence electrons. The maximum absolute atomic E-state index is 13.5. The SMILES string of the molecule is CNC(=O)Nc1c(F)c(F)c(C#N)c(F)c1C#N. The van der Waals surface area contributed by atoms with Crippen LogP contribution in [0, 0.1) is 40.1 Å². The summed E-state index contributed by atoms with van der Waals surface area (Å²) in [6, 6.07) is 1.40. The minimum atomic E-state index is -1.76. The Kier molecular flexibility index (Phi) is 3.75. The molecule has 18 heavy (non-hydrogen) atoms. The van der Waals surface area contributed by atoms with Gasteiger partial charge in [0.25, 0.3) is 0 Å². The van der Waals surface area contributed by atoms with Gasteiger partial charge in [0.15, 0.2) is 17.5 Å². The van der Waals surface area contributed by atoms with E-state index < -0.39 is 40.3 Å². The Morgan fingerprint density at radius 1 is 1.06 bits per heavy atom. The van der Waals surface area contributed by atoms with Gasteiger partial charge in [0.05, 0.1) is 0 Å². The number of carbonyl (C=O) groups excluding carboxylic acids is 1. The zero-order chi connectivity index (χ0) is 13.9. The smallest absolute Gasteiger partial charge is 0.319 e. The van der Waals surface area contributed by atoms with Gasteiger partial charge in [0, 0.05) is 7.05 Å². The van der Waals surface area contributed by atoms with E-state index in [0.717, 1.165) is 6.07 Å². The van der Waals surface area contributed by atoms with Gasteiger partial charge in [-0.15, -0.1) is 0 Å². The molecule has 0 heterocycles. The predicted molar refractivity (Wildman–Crippen MR) is 53.8 cm³/mol. The molecule has 0 saturated carbocycles. The number of nitriles is 2. The highest BCUT2D eigenvalue weighted by atomic mass is 19.2. The van der Waals surface area contributed by atoms with Crippen LogP contribution in [0.4, 0.5) is 23.7 Å². The molecule has 1 aromatic rings. The molecule has 0 aliphatic carbocycles. The van der Waals surface area contributed by atoms with Crippen LogP contribution in [0.2, 0.25) is 0 Å². The third-order valence-electron chi connectivity index (χ3n) is 2.01. The topological polar surface area (TPSA) is 88.7 Å². The first-order chi connectivity index (χ1) is 8.47. The zero-order valence-corrected chi connectivity index (χ0v) is 8.94. The third-order valence-corrected chi connectivity index (χ3v) is 2.01. The molecule has 1 rings (SSSR count). The number of benzene rings is 1. The Balaban J connectivity index is 3.58. The van der Waals surface area contributed by atoms with Crippen molar-refractivity contribution in [3.63, 3.8) is 0 Å². The number of urea groups is 1. The molecule has 8 heteroatoms. The van der Waals surface area contributed by atoms with Gasteiger partial charge in [0.2, 0.25) is 0 Å². The molecule has 1 aromatic carbocycles. The standard InChI is InChI=1S/C10H5F3N4O/c1-16-10(18)17-9-5(3-15)6(11)4(2-14)7(12)8(9)13/h1H3,(H2,16,17,18). The van der Waals surface area contributed by atoms with Crippen molar-refractivity contribution in [3.8, 4) is 12.1 Å². The molecule has 2 N–H and O–H groups in total. The average Bonchev–Trinajstić information content (AvgIpc) is 2.36. The van der Waals surface area contributed by atoms with Gasteiger partial charge < -0.3 is 10.6 Å². The van der Waals surface area contributed by atoms with E-state index in [2.05, 4.69) is 0 Å². The Morgan fingerprint density at radius 3 is 2.06 bits per heavy atom. The van der Waals surface area contributed by atoms with Crippen molar-refractivity contribution in [3.05, 3.63) is 28.6 Å². The molecule has 0 saturated heterocycles. The number of amides is 2. The van der Waals surface area contributed by atoms with Gasteiger partial charge in [-0.05, 0) is 0 Å². The number of carbonyl (C=O) groups is 1. The lowest BCUT2D eigenvalue weighted by molar-refractivity contribution is 0.254. The number of nitrogens with one attached hydrogen (secondary N) is 2. The molecule has 0 aliphatic heterocycles. The Labute approximate surface area is 99.4 Å². The van der Waals surface area contributed by atoms with E-state index in [0.29, 0.717) is 0 Å². The number of hydrogen-bond acceptors (Lipinski definition) is 3. The summed E-state index contributed by atoms with van der Waals surface area (Å²) >= 11 is 0. The van der Waals surface area contributed by atoms with Crippen molar-refractivity contribution in [2.75, 3.05) is 12.4 Å². The van der Waals surface area contributed by atoms with Crippen LogP contribution in [0.15, 0.2) is 0 Å². The molecular formula is C10H5F3N4O. The molecule has 0 unspecified atom stereocenters. The van der Waals surface area contributed by atoms with Crippen LogP contribution >= 0.6 is 0 Å². The zero-order valence-electron chi connectivity index (χ0n) is 8.94. The lowest BCUT2D eigenvalue weighted by Crippen LogP contribution is -2.26. The van der Waals surface area contributed by atoms with E-state index >= 15 is 0 Å². The van der Waals surface area contributed by atoms with Gasteiger partial charge in [-0.2, -0.15) is 10.5 Å². The van der Waals surface area contributed by atoms with E-state index in [4.69, 9.17) is 10.5 Å².